The van der Waals surface area contributed by atoms with E-state index in [1.54, 1.807) is 0 Å². The molecule has 10 heteroatoms. The molecule has 1 fully saturated rings. The van der Waals surface area contributed by atoms with Crippen molar-refractivity contribution in [3.63, 3.8) is 0 Å². The lowest BCUT2D eigenvalue weighted by Gasteiger charge is -2.34. The zero-order valence-corrected chi connectivity index (χ0v) is 20.4. The molecule has 2 amide bonds. The number of hydrogen-bond acceptors (Lipinski definition) is 5. The number of rotatable bonds is 10. The van der Waals surface area contributed by atoms with E-state index in [1.165, 1.54) is 16.2 Å². The highest BCUT2D eigenvalue weighted by molar-refractivity contribution is 7.89. The molecule has 33 heavy (non-hydrogen) atoms. The van der Waals surface area contributed by atoms with Gasteiger partial charge in [0.25, 0.3) is 0 Å². The number of sulfonamides is 1. The second-order valence-corrected chi connectivity index (χ2v) is 11.4. The molecule has 180 valence electrons. The van der Waals surface area contributed by atoms with Crippen LogP contribution in [0, 0.1) is 11.7 Å². The van der Waals surface area contributed by atoms with Crippen LogP contribution >= 0.6 is 11.3 Å². The number of benzene rings is 1. The fourth-order valence-corrected chi connectivity index (χ4v) is 5.71. The standard InChI is InChI=1S/C23H30FN3O4S2/c1-16(2)22(23(29)26-18-6-3-4-7-18)27(15-19-8-5-13-32-19)21(28)14-25-33(30,31)20-11-9-17(24)10-12-20/h5,8-13,16,18,22,25H,3-4,6-7,14-15H2,1-2H3,(H,26,29)/t22-/m1/s1. The molecule has 0 unspecified atom stereocenters. The molecule has 1 aromatic carbocycles. The Labute approximate surface area is 198 Å². The van der Waals surface area contributed by atoms with Crippen molar-refractivity contribution in [3.05, 3.63) is 52.5 Å². The van der Waals surface area contributed by atoms with Gasteiger partial charge in [0.1, 0.15) is 11.9 Å². The van der Waals surface area contributed by atoms with Crippen LogP contribution in [0.2, 0.25) is 0 Å². The van der Waals surface area contributed by atoms with Gasteiger partial charge in [-0.3, -0.25) is 9.59 Å². The molecule has 1 aromatic heterocycles. The van der Waals surface area contributed by atoms with E-state index in [2.05, 4.69) is 10.0 Å². The number of halogens is 1. The van der Waals surface area contributed by atoms with Gasteiger partial charge in [-0.25, -0.2) is 17.5 Å². The monoisotopic (exact) mass is 495 g/mol. The SMILES string of the molecule is CC(C)[C@H](C(=O)NC1CCCC1)N(Cc1cccs1)C(=O)CNS(=O)(=O)c1ccc(F)cc1. The molecule has 0 saturated heterocycles. The Balaban J connectivity index is 1.78. The second-order valence-electron chi connectivity index (χ2n) is 8.56. The first-order valence-electron chi connectivity index (χ1n) is 11.0. The van der Waals surface area contributed by atoms with Gasteiger partial charge in [-0.05, 0) is 54.5 Å². The molecular formula is C23H30FN3O4S2. The van der Waals surface area contributed by atoms with E-state index in [4.69, 9.17) is 0 Å². The summed E-state index contributed by atoms with van der Waals surface area (Å²) in [5, 5.41) is 4.96. The molecule has 1 atom stereocenters. The van der Waals surface area contributed by atoms with Crippen LogP contribution in [0.3, 0.4) is 0 Å². The summed E-state index contributed by atoms with van der Waals surface area (Å²) < 4.78 is 40.6. The van der Waals surface area contributed by atoms with E-state index in [0.717, 1.165) is 54.8 Å². The zero-order valence-electron chi connectivity index (χ0n) is 18.8. The summed E-state index contributed by atoms with van der Waals surface area (Å²) in [5.41, 5.74) is 0. The van der Waals surface area contributed by atoms with Crippen LogP contribution < -0.4 is 10.0 Å². The third kappa shape index (κ3) is 6.84. The molecule has 3 rings (SSSR count). The highest BCUT2D eigenvalue weighted by Crippen LogP contribution is 2.22. The average Bonchev–Trinajstić information content (AvgIpc) is 3.46. The van der Waals surface area contributed by atoms with Crippen LogP contribution in [0.15, 0.2) is 46.7 Å². The number of carbonyl (C=O) groups excluding carboxylic acids is 2. The van der Waals surface area contributed by atoms with Gasteiger partial charge in [-0.2, -0.15) is 0 Å². The summed E-state index contributed by atoms with van der Waals surface area (Å²) in [4.78, 5) is 28.7. The predicted molar refractivity (Wildman–Crippen MR) is 125 cm³/mol. The zero-order chi connectivity index (χ0) is 24.0. The van der Waals surface area contributed by atoms with Gasteiger partial charge in [-0.1, -0.05) is 32.8 Å². The number of nitrogens with zero attached hydrogens (tertiary/aromatic N) is 1. The van der Waals surface area contributed by atoms with Crippen LogP contribution in [-0.4, -0.2) is 43.8 Å². The van der Waals surface area contributed by atoms with Crippen LogP contribution in [0.25, 0.3) is 0 Å². The summed E-state index contributed by atoms with van der Waals surface area (Å²) in [6.45, 7) is 3.44. The quantitative estimate of drug-likeness (QED) is 0.529. The third-order valence-corrected chi connectivity index (χ3v) is 7.98. The summed E-state index contributed by atoms with van der Waals surface area (Å²) in [6, 6.07) is 7.46. The van der Waals surface area contributed by atoms with Crippen molar-refractivity contribution in [1.29, 1.82) is 0 Å². The highest BCUT2D eigenvalue weighted by atomic mass is 32.2. The van der Waals surface area contributed by atoms with Crippen molar-refractivity contribution in [2.45, 2.75) is 63.1 Å². The molecule has 1 saturated carbocycles. The van der Waals surface area contributed by atoms with Gasteiger partial charge in [0, 0.05) is 10.9 Å². The van der Waals surface area contributed by atoms with Gasteiger partial charge in [0.2, 0.25) is 21.8 Å². The third-order valence-electron chi connectivity index (χ3n) is 5.70. The molecule has 1 heterocycles. The number of carbonyl (C=O) groups is 2. The molecule has 7 nitrogen and oxygen atoms in total. The normalized spacial score (nSPS) is 15.5. The first-order valence-corrected chi connectivity index (χ1v) is 13.4. The average molecular weight is 496 g/mol. The van der Waals surface area contributed by atoms with Crippen LogP contribution in [0.1, 0.15) is 44.4 Å². The summed E-state index contributed by atoms with van der Waals surface area (Å²) in [7, 11) is -4.01. The first kappa shape index (κ1) is 25.3. The van der Waals surface area contributed by atoms with E-state index in [9.17, 15) is 22.4 Å². The Morgan fingerprint density at radius 2 is 1.82 bits per heavy atom. The van der Waals surface area contributed by atoms with Crippen molar-refractivity contribution >= 4 is 33.2 Å². The summed E-state index contributed by atoms with van der Waals surface area (Å²) >= 11 is 1.46. The Bertz CT molecular complexity index is 1030. The van der Waals surface area contributed by atoms with E-state index in [1.807, 2.05) is 31.4 Å². The van der Waals surface area contributed by atoms with Gasteiger partial charge in [0.05, 0.1) is 18.0 Å². The smallest absolute Gasteiger partial charge is 0.243 e. The van der Waals surface area contributed by atoms with Crippen molar-refractivity contribution in [3.8, 4) is 0 Å². The largest absolute Gasteiger partial charge is 0.352 e. The second kappa shape index (κ2) is 11.2. The maximum atomic E-state index is 13.3. The highest BCUT2D eigenvalue weighted by Gasteiger charge is 2.34. The van der Waals surface area contributed by atoms with Crippen molar-refractivity contribution < 1.29 is 22.4 Å². The Morgan fingerprint density at radius 3 is 2.39 bits per heavy atom. The minimum Gasteiger partial charge on any atom is -0.352 e. The van der Waals surface area contributed by atoms with Gasteiger partial charge >= 0.3 is 0 Å². The molecular weight excluding hydrogens is 465 g/mol. The molecule has 2 N–H and O–H groups in total. The molecule has 0 radical (unpaired) electrons. The van der Waals surface area contributed by atoms with Gasteiger partial charge in [-0.15, -0.1) is 11.3 Å². The molecule has 2 aromatic rings. The van der Waals surface area contributed by atoms with Gasteiger partial charge in [0.15, 0.2) is 0 Å². The van der Waals surface area contributed by atoms with E-state index < -0.39 is 34.3 Å². The lowest BCUT2D eigenvalue weighted by Crippen LogP contribution is -2.55. The van der Waals surface area contributed by atoms with Crippen molar-refractivity contribution in [2.75, 3.05) is 6.54 Å². The molecule has 1 aliphatic carbocycles. The maximum Gasteiger partial charge on any atom is 0.243 e. The topological polar surface area (TPSA) is 95.6 Å². The minimum absolute atomic E-state index is 0.106. The van der Waals surface area contributed by atoms with Crippen LogP contribution in [-0.2, 0) is 26.2 Å². The molecule has 1 aliphatic rings. The fourth-order valence-electron chi connectivity index (χ4n) is 4.03. The molecule has 0 spiro atoms. The number of nitrogens with one attached hydrogen (secondary N) is 2. The fraction of sp³-hybridized carbons (Fsp3) is 0.478. The lowest BCUT2D eigenvalue weighted by molar-refractivity contribution is -0.142. The van der Waals surface area contributed by atoms with E-state index in [-0.39, 0.29) is 29.3 Å². The predicted octanol–water partition coefficient (Wildman–Crippen LogP) is 3.28. The minimum atomic E-state index is -4.01. The van der Waals surface area contributed by atoms with Crippen LogP contribution in [0.5, 0.6) is 0 Å². The summed E-state index contributed by atoms with van der Waals surface area (Å²) in [6.07, 6.45) is 3.99. The van der Waals surface area contributed by atoms with Crippen molar-refractivity contribution in [2.24, 2.45) is 5.92 Å². The lowest BCUT2D eigenvalue weighted by atomic mass is 10.0. The van der Waals surface area contributed by atoms with Gasteiger partial charge < -0.3 is 10.2 Å². The van der Waals surface area contributed by atoms with E-state index in [0.29, 0.717) is 0 Å². The van der Waals surface area contributed by atoms with Crippen molar-refractivity contribution in [1.82, 2.24) is 14.9 Å². The first-order chi connectivity index (χ1) is 15.7. The number of amides is 2. The number of hydrogen-bond donors (Lipinski definition) is 2. The number of thiophene rings is 1. The van der Waals surface area contributed by atoms with E-state index >= 15 is 0 Å². The Morgan fingerprint density at radius 1 is 1.15 bits per heavy atom. The molecule has 0 aliphatic heterocycles. The van der Waals surface area contributed by atoms with Crippen LogP contribution in [0.4, 0.5) is 4.39 Å². The Kier molecular flexibility index (Phi) is 8.61. The summed E-state index contributed by atoms with van der Waals surface area (Å²) in [5.74, 6) is -1.46. The maximum absolute atomic E-state index is 13.3. The Hall–Kier alpha value is -2.30. The molecule has 0 bridgehead atoms.